The lowest BCUT2D eigenvalue weighted by molar-refractivity contribution is -0.142. The van der Waals surface area contributed by atoms with Crippen molar-refractivity contribution in [3.8, 4) is 0 Å². The maximum Gasteiger partial charge on any atom is 0.320 e. The number of carboxylic acid groups (broad SMARTS) is 1. The smallest absolute Gasteiger partial charge is 0.320 e. The number of pyridine rings is 1. The van der Waals surface area contributed by atoms with Crippen LogP contribution in [0, 0.1) is 0 Å². The van der Waals surface area contributed by atoms with Gasteiger partial charge in [-0.15, -0.1) is 0 Å². The van der Waals surface area contributed by atoms with Crippen LogP contribution in [-0.2, 0) is 4.79 Å². The van der Waals surface area contributed by atoms with Gasteiger partial charge in [-0.1, -0.05) is 41.4 Å². The van der Waals surface area contributed by atoms with Crippen molar-refractivity contribution < 1.29 is 9.90 Å². The van der Waals surface area contributed by atoms with Crippen LogP contribution in [0.2, 0.25) is 10.0 Å². The van der Waals surface area contributed by atoms with Gasteiger partial charge in [0.1, 0.15) is 6.04 Å². The van der Waals surface area contributed by atoms with Crippen LogP contribution in [0.4, 0.5) is 0 Å². The van der Waals surface area contributed by atoms with Crippen molar-refractivity contribution in [2.75, 3.05) is 6.54 Å². The van der Waals surface area contributed by atoms with Crippen LogP contribution < -0.4 is 0 Å². The molecule has 6 heteroatoms. The minimum Gasteiger partial charge on any atom is -0.480 e. The number of nitrogens with zero attached hydrogens (tertiary/aromatic N) is 2. The molecule has 4 nitrogen and oxygen atoms in total. The van der Waals surface area contributed by atoms with Crippen LogP contribution in [0.25, 0.3) is 10.8 Å². The molecule has 2 heterocycles. The van der Waals surface area contributed by atoms with E-state index >= 15 is 0 Å². The maximum absolute atomic E-state index is 11.8. The fourth-order valence-corrected chi connectivity index (χ4v) is 4.20. The molecule has 0 radical (unpaired) electrons. The van der Waals surface area contributed by atoms with Crippen molar-refractivity contribution in [1.29, 1.82) is 0 Å². The van der Waals surface area contributed by atoms with Crippen LogP contribution in [0.5, 0.6) is 0 Å². The molecule has 0 spiro atoms. The van der Waals surface area contributed by atoms with E-state index in [9.17, 15) is 9.90 Å². The second-order valence-electron chi connectivity index (χ2n) is 6.79. The number of carbonyl (C=O) groups is 1. The molecule has 1 aliphatic rings. The molecule has 2 atom stereocenters. The number of rotatable bonds is 4. The van der Waals surface area contributed by atoms with Crippen molar-refractivity contribution >= 4 is 39.9 Å². The topological polar surface area (TPSA) is 53.4 Å². The number of likely N-dealkylation sites (tertiary alicyclic amines) is 1. The second kappa shape index (κ2) is 7.47. The Morgan fingerprint density at radius 3 is 2.63 bits per heavy atom. The van der Waals surface area contributed by atoms with Crippen molar-refractivity contribution in [3.05, 3.63) is 76.0 Å². The van der Waals surface area contributed by atoms with Gasteiger partial charge in [0, 0.05) is 24.3 Å². The second-order valence-corrected chi connectivity index (χ2v) is 7.61. The first-order valence-corrected chi connectivity index (χ1v) is 9.57. The van der Waals surface area contributed by atoms with Crippen LogP contribution in [0.3, 0.4) is 0 Å². The summed E-state index contributed by atoms with van der Waals surface area (Å²) >= 11 is 12.4. The maximum atomic E-state index is 11.8. The third-order valence-electron chi connectivity index (χ3n) is 5.15. The van der Waals surface area contributed by atoms with E-state index in [0.717, 1.165) is 34.9 Å². The molecule has 1 fully saturated rings. The quantitative estimate of drug-likeness (QED) is 0.655. The zero-order valence-corrected chi connectivity index (χ0v) is 16.0. The SMILES string of the molecule is O=C(O)C1CCCN1C(c1ccc(Cl)c(Cl)c1)c1ccc2cnccc2c1. The van der Waals surface area contributed by atoms with E-state index in [-0.39, 0.29) is 6.04 Å². The van der Waals surface area contributed by atoms with Crippen LogP contribution in [0.15, 0.2) is 54.9 Å². The summed E-state index contributed by atoms with van der Waals surface area (Å²) in [5, 5.41) is 12.8. The van der Waals surface area contributed by atoms with Gasteiger partial charge in [0.15, 0.2) is 0 Å². The zero-order chi connectivity index (χ0) is 19.0. The standard InChI is InChI=1S/C21H18Cl2N2O2/c22-17-6-5-15(11-18(17)23)20(25-9-1-2-19(25)21(26)27)14-3-4-16-12-24-8-7-13(16)10-14/h3-8,10-12,19-20H,1-2,9H2,(H,26,27). The zero-order valence-electron chi connectivity index (χ0n) is 14.5. The monoisotopic (exact) mass is 400 g/mol. The van der Waals surface area contributed by atoms with E-state index in [1.54, 1.807) is 12.3 Å². The lowest BCUT2D eigenvalue weighted by Crippen LogP contribution is -2.39. The largest absolute Gasteiger partial charge is 0.480 e. The average molecular weight is 401 g/mol. The third kappa shape index (κ3) is 3.53. The third-order valence-corrected chi connectivity index (χ3v) is 5.89. The Labute approximate surface area is 167 Å². The predicted molar refractivity (Wildman–Crippen MR) is 107 cm³/mol. The molecule has 4 rings (SSSR count). The van der Waals surface area contributed by atoms with Gasteiger partial charge >= 0.3 is 5.97 Å². The first-order chi connectivity index (χ1) is 13.0. The number of carboxylic acids is 1. The normalized spacial score (nSPS) is 18.7. The lowest BCUT2D eigenvalue weighted by Gasteiger charge is -2.32. The van der Waals surface area contributed by atoms with Gasteiger partial charge in [0.2, 0.25) is 0 Å². The Balaban J connectivity index is 1.86. The number of hydrogen-bond acceptors (Lipinski definition) is 3. The highest BCUT2D eigenvalue weighted by atomic mass is 35.5. The number of aromatic nitrogens is 1. The molecule has 3 aromatic rings. The average Bonchev–Trinajstić information content (AvgIpc) is 3.14. The number of halogens is 2. The molecular formula is C21H18Cl2N2O2. The highest BCUT2D eigenvalue weighted by Crippen LogP contribution is 2.38. The van der Waals surface area contributed by atoms with E-state index in [1.165, 1.54) is 0 Å². The van der Waals surface area contributed by atoms with E-state index < -0.39 is 12.0 Å². The fraction of sp³-hybridized carbons (Fsp3) is 0.238. The summed E-state index contributed by atoms with van der Waals surface area (Å²) in [5.74, 6) is -0.789. The van der Waals surface area contributed by atoms with E-state index in [4.69, 9.17) is 23.2 Å². The lowest BCUT2D eigenvalue weighted by atomic mass is 9.94. The van der Waals surface area contributed by atoms with Gasteiger partial charge in [-0.2, -0.15) is 0 Å². The molecule has 1 aromatic heterocycles. The minimum atomic E-state index is -0.789. The van der Waals surface area contributed by atoms with E-state index in [1.807, 2.05) is 41.4 Å². The summed E-state index contributed by atoms with van der Waals surface area (Å²) in [7, 11) is 0. The van der Waals surface area contributed by atoms with Crippen LogP contribution in [0.1, 0.15) is 30.0 Å². The van der Waals surface area contributed by atoms with Gasteiger partial charge in [-0.05, 0) is 53.6 Å². The molecule has 1 N–H and O–H groups in total. The summed E-state index contributed by atoms with van der Waals surface area (Å²) in [5.41, 5.74) is 1.96. The highest BCUT2D eigenvalue weighted by molar-refractivity contribution is 6.42. The van der Waals surface area contributed by atoms with Gasteiger partial charge in [-0.3, -0.25) is 14.7 Å². The Morgan fingerprint density at radius 1 is 1.07 bits per heavy atom. The van der Waals surface area contributed by atoms with E-state index in [0.29, 0.717) is 16.5 Å². The predicted octanol–water partition coefficient (Wildman–Crippen LogP) is 5.18. The fourth-order valence-electron chi connectivity index (χ4n) is 3.89. The molecule has 1 saturated heterocycles. The summed E-state index contributed by atoms with van der Waals surface area (Å²) in [4.78, 5) is 18.0. The first-order valence-electron chi connectivity index (χ1n) is 8.82. The summed E-state index contributed by atoms with van der Waals surface area (Å²) in [6, 6.07) is 12.9. The van der Waals surface area contributed by atoms with E-state index in [2.05, 4.69) is 11.1 Å². The molecule has 1 aliphatic heterocycles. The van der Waals surface area contributed by atoms with Gasteiger partial charge < -0.3 is 5.11 Å². The van der Waals surface area contributed by atoms with Crippen molar-refractivity contribution in [1.82, 2.24) is 9.88 Å². The van der Waals surface area contributed by atoms with Gasteiger partial charge in [0.05, 0.1) is 16.1 Å². The molecule has 138 valence electrons. The number of aliphatic carboxylic acids is 1. The molecular weight excluding hydrogens is 383 g/mol. The summed E-state index contributed by atoms with van der Waals surface area (Å²) in [6.07, 6.45) is 5.08. The molecule has 0 bridgehead atoms. The van der Waals surface area contributed by atoms with Gasteiger partial charge in [0.25, 0.3) is 0 Å². The van der Waals surface area contributed by atoms with Crippen molar-refractivity contribution in [2.24, 2.45) is 0 Å². The Hall–Kier alpha value is -2.14. The Kier molecular flexibility index (Phi) is 5.04. The molecule has 0 aliphatic carbocycles. The molecule has 27 heavy (non-hydrogen) atoms. The van der Waals surface area contributed by atoms with Gasteiger partial charge in [-0.25, -0.2) is 0 Å². The molecule has 2 unspecified atom stereocenters. The highest BCUT2D eigenvalue weighted by Gasteiger charge is 2.37. The summed E-state index contributed by atoms with van der Waals surface area (Å²) in [6.45, 7) is 0.719. The van der Waals surface area contributed by atoms with Crippen LogP contribution in [-0.4, -0.2) is 33.5 Å². The Morgan fingerprint density at radius 2 is 1.85 bits per heavy atom. The molecule has 2 aromatic carbocycles. The molecule has 0 saturated carbocycles. The van der Waals surface area contributed by atoms with Crippen LogP contribution >= 0.6 is 23.2 Å². The summed E-state index contributed by atoms with van der Waals surface area (Å²) < 4.78 is 0. The number of hydrogen-bond donors (Lipinski definition) is 1. The molecule has 0 amide bonds. The number of benzene rings is 2. The first kappa shape index (κ1) is 18.2. The number of fused-ring (bicyclic) bond motifs is 1. The minimum absolute atomic E-state index is 0.207. The van der Waals surface area contributed by atoms with Crippen molar-refractivity contribution in [3.63, 3.8) is 0 Å². The Bertz CT molecular complexity index is 1010. The van der Waals surface area contributed by atoms with Crippen molar-refractivity contribution in [2.45, 2.75) is 24.9 Å².